The lowest BCUT2D eigenvalue weighted by Gasteiger charge is -1.92. The van der Waals surface area contributed by atoms with Crippen LogP contribution in [0.25, 0.3) is 0 Å². The Morgan fingerprint density at radius 3 is 3.00 bits per heavy atom. The van der Waals surface area contributed by atoms with Crippen LogP contribution in [-0.2, 0) is 0 Å². The largest absolute Gasteiger partial charge is 0.365 e. The number of nitrogens with zero attached hydrogens (tertiary/aromatic N) is 3. The molecule has 0 aliphatic heterocycles. The summed E-state index contributed by atoms with van der Waals surface area (Å²) >= 11 is 0. The molecule has 0 aliphatic rings. The van der Waals surface area contributed by atoms with Crippen molar-refractivity contribution in [2.45, 2.75) is 0 Å². The van der Waals surface area contributed by atoms with E-state index in [0.29, 0.717) is 5.82 Å². The maximum atomic E-state index is 10.0. The molecule has 1 aromatic rings. The predicted octanol–water partition coefficient (Wildman–Crippen LogP) is -0.300. The second-order valence-electron chi connectivity index (χ2n) is 2.07. The van der Waals surface area contributed by atoms with Crippen LogP contribution in [0, 0.1) is 4.91 Å². The Morgan fingerprint density at radius 2 is 2.46 bits per heavy atom. The predicted molar refractivity (Wildman–Crippen MR) is 44.1 cm³/mol. The van der Waals surface area contributed by atoms with Crippen molar-refractivity contribution in [3.63, 3.8) is 0 Å². The smallest absolute Gasteiger partial charge is 0.362 e. The van der Waals surface area contributed by atoms with Gasteiger partial charge in [0.05, 0.1) is 0 Å². The Hall–Kier alpha value is -2.18. The van der Waals surface area contributed by atoms with Crippen LogP contribution < -0.4 is 11.2 Å². The first-order valence-electron chi connectivity index (χ1n) is 3.36. The minimum absolute atomic E-state index is 0.240. The molecule has 0 saturated heterocycles. The molecule has 0 bridgehead atoms. The van der Waals surface area contributed by atoms with Crippen molar-refractivity contribution in [1.82, 2.24) is 10.4 Å². The molecule has 68 valence electrons. The maximum absolute atomic E-state index is 10.0. The third-order valence-electron chi connectivity index (χ3n) is 1.09. The van der Waals surface area contributed by atoms with Gasteiger partial charge in [-0.1, -0.05) is 6.07 Å². The first-order chi connectivity index (χ1) is 6.18. The van der Waals surface area contributed by atoms with Gasteiger partial charge in [-0.3, -0.25) is 0 Å². The van der Waals surface area contributed by atoms with E-state index in [1.807, 2.05) is 5.43 Å². The Morgan fingerprint density at radius 1 is 1.69 bits per heavy atom. The van der Waals surface area contributed by atoms with E-state index in [1.54, 1.807) is 18.2 Å². The number of nitrogens with one attached hydrogen (secondary N) is 1. The molecular weight excluding hydrogens is 174 g/mol. The summed E-state index contributed by atoms with van der Waals surface area (Å²) in [6.45, 7) is 0. The van der Waals surface area contributed by atoms with Gasteiger partial charge in [-0.05, 0) is 17.6 Å². The van der Waals surface area contributed by atoms with Crippen molar-refractivity contribution in [2.75, 3.05) is 0 Å². The van der Waals surface area contributed by atoms with E-state index >= 15 is 0 Å². The Bertz CT molecular complexity index is 323. The fourth-order valence-corrected chi connectivity index (χ4v) is 0.666. The molecule has 0 spiro atoms. The Kier molecular flexibility index (Phi) is 2.74. The van der Waals surface area contributed by atoms with Crippen molar-refractivity contribution in [2.24, 2.45) is 10.7 Å². The zero-order valence-electron chi connectivity index (χ0n) is 6.58. The number of hydrazine groups is 1. The van der Waals surface area contributed by atoms with Gasteiger partial charge in [-0.25, -0.2) is 10.2 Å². The summed E-state index contributed by atoms with van der Waals surface area (Å²) in [4.78, 5) is 17.5. The van der Waals surface area contributed by atoms with Gasteiger partial charge in [-0.2, -0.15) is 4.99 Å². The van der Waals surface area contributed by atoms with E-state index in [4.69, 9.17) is 10.9 Å². The standard InChI is InChI=1S/C6H8N5O2/c7-6(10-11(12)13)9-5-3-1-2-4-8-5/h1-4H,(H,12,13)(H3,7,8,9,10)/q+1. The minimum Gasteiger partial charge on any atom is -0.365 e. The van der Waals surface area contributed by atoms with Crippen LogP contribution in [0.15, 0.2) is 29.4 Å². The zero-order chi connectivity index (χ0) is 9.68. The number of hydrogen-bond donors (Lipinski definition) is 3. The van der Waals surface area contributed by atoms with E-state index in [2.05, 4.69) is 9.98 Å². The number of rotatable bonds is 2. The molecule has 13 heavy (non-hydrogen) atoms. The summed E-state index contributed by atoms with van der Waals surface area (Å²) in [5, 5.41) is 7.65. The lowest BCUT2D eigenvalue weighted by atomic mass is 10.5. The molecule has 0 atom stereocenters. The monoisotopic (exact) mass is 182 g/mol. The molecule has 0 aliphatic carbocycles. The van der Waals surface area contributed by atoms with Crippen LogP contribution in [0.4, 0.5) is 5.82 Å². The van der Waals surface area contributed by atoms with Crippen LogP contribution in [0.5, 0.6) is 0 Å². The first kappa shape index (κ1) is 8.91. The van der Waals surface area contributed by atoms with Gasteiger partial charge >= 0.3 is 5.03 Å². The number of aliphatic imine (C=N–C) groups is 1. The highest BCUT2D eigenvalue weighted by Gasteiger charge is 2.04. The molecule has 0 unspecified atom stereocenters. The van der Waals surface area contributed by atoms with Gasteiger partial charge in [0, 0.05) is 6.20 Å². The van der Waals surface area contributed by atoms with Crippen LogP contribution in [0.3, 0.4) is 0 Å². The molecule has 0 radical (unpaired) electrons. The van der Waals surface area contributed by atoms with Crippen molar-refractivity contribution >= 4 is 11.8 Å². The topological polar surface area (TPSA) is 104 Å². The van der Waals surface area contributed by atoms with Crippen LogP contribution in [-0.4, -0.2) is 21.2 Å². The van der Waals surface area contributed by atoms with Crippen LogP contribution in [0.1, 0.15) is 0 Å². The number of pyridine rings is 1. The van der Waals surface area contributed by atoms with Gasteiger partial charge < -0.3 is 5.73 Å². The van der Waals surface area contributed by atoms with Gasteiger partial charge in [0.2, 0.25) is 0 Å². The highest BCUT2D eigenvalue weighted by molar-refractivity contribution is 5.78. The Balaban J connectivity index is 2.71. The number of hydrogen-bond acceptors (Lipinski definition) is 3. The number of nitrogens with two attached hydrogens (primary N) is 1. The summed E-state index contributed by atoms with van der Waals surface area (Å²) < 4.78 is 0. The lowest BCUT2D eigenvalue weighted by Crippen LogP contribution is -2.36. The van der Waals surface area contributed by atoms with E-state index in [1.165, 1.54) is 6.20 Å². The second-order valence-corrected chi connectivity index (χ2v) is 2.07. The van der Waals surface area contributed by atoms with Gasteiger partial charge in [0.25, 0.3) is 5.96 Å². The average molecular weight is 182 g/mol. The summed E-state index contributed by atoms with van der Waals surface area (Å²) in [5.41, 5.74) is 7.02. The van der Waals surface area contributed by atoms with Crippen molar-refractivity contribution in [3.8, 4) is 0 Å². The number of guanidine groups is 1. The molecule has 0 amide bonds. The van der Waals surface area contributed by atoms with Crippen LogP contribution >= 0.6 is 0 Å². The SMILES string of the molecule is N/C(=N\c1ccccn1)N[N+](=O)O. The van der Waals surface area contributed by atoms with Crippen molar-refractivity contribution in [3.05, 3.63) is 29.3 Å². The highest BCUT2D eigenvalue weighted by atomic mass is 16.7. The van der Waals surface area contributed by atoms with Crippen molar-refractivity contribution < 1.29 is 10.2 Å². The fourth-order valence-electron chi connectivity index (χ4n) is 0.666. The molecule has 4 N–H and O–H groups in total. The van der Waals surface area contributed by atoms with Crippen LogP contribution in [0.2, 0.25) is 0 Å². The molecule has 0 saturated carbocycles. The quantitative estimate of drug-likeness (QED) is 0.331. The average Bonchev–Trinajstić information content (AvgIpc) is 2.04. The molecule has 7 nitrogen and oxygen atoms in total. The summed E-state index contributed by atoms with van der Waals surface area (Å²) in [5.74, 6) is 0.102. The minimum atomic E-state index is -0.540. The van der Waals surface area contributed by atoms with E-state index in [0.717, 1.165) is 0 Å². The highest BCUT2D eigenvalue weighted by Crippen LogP contribution is 2.03. The van der Waals surface area contributed by atoms with E-state index < -0.39 is 5.03 Å². The molecular formula is C6H8N5O2+. The third kappa shape index (κ3) is 3.14. The van der Waals surface area contributed by atoms with Gasteiger partial charge in [0.1, 0.15) is 4.91 Å². The lowest BCUT2D eigenvalue weighted by molar-refractivity contribution is -0.822. The molecule has 1 aromatic heterocycles. The van der Waals surface area contributed by atoms with Crippen molar-refractivity contribution in [1.29, 1.82) is 0 Å². The number of aromatic nitrogens is 1. The third-order valence-corrected chi connectivity index (χ3v) is 1.09. The zero-order valence-corrected chi connectivity index (χ0v) is 6.58. The second kappa shape index (κ2) is 4.00. The molecule has 1 heterocycles. The summed E-state index contributed by atoms with van der Waals surface area (Å²) in [6.07, 6.45) is 1.53. The molecule has 0 fully saturated rings. The van der Waals surface area contributed by atoms with E-state index in [9.17, 15) is 4.91 Å². The summed E-state index contributed by atoms with van der Waals surface area (Å²) in [6, 6.07) is 5.03. The van der Waals surface area contributed by atoms with Gasteiger partial charge in [-0.15, -0.1) is 0 Å². The first-order valence-corrected chi connectivity index (χ1v) is 3.36. The Labute approximate surface area is 73.4 Å². The fraction of sp³-hybridized carbons (Fsp3) is 0. The van der Waals surface area contributed by atoms with E-state index in [-0.39, 0.29) is 5.96 Å². The molecule has 0 aromatic carbocycles. The molecule has 7 heteroatoms. The maximum Gasteiger partial charge on any atom is 0.362 e. The van der Waals surface area contributed by atoms with Gasteiger partial charge in [0.15, 0.2) is 5.82 Å². The normalized spacial score (nSPS) is 10.9. The summed E-state index contributed by atoms with van der Waals surface area (Å²) in [7, 11) is 0. The molecule has 1 rings (SSSR count).